The van der Waals surface area contributed by atoms with Gasteiger partial charge in [0.25, 0.3) is 0 Å². The van der Waals surface area contributed by atoms with E-state index in [1.165, 1.54) is 6.08 Å². The summed E-state index contributed by atoms with van der Waals surface area (Å²) < 4.78 is 78.6. The maximum Gasteiger partial charge on any atom is 0.399 e. The van der Waals surface area contributed by atoms with Crippen LogP contribution in [0.4, 0.5) is 26.3 Å². The van der Waals surface area contributed by atoms with Crippen molar-refractivity contribution in [3.8, 4) is 0 Å². The van der Waals surface area contributed by atoms with Crippen LogP contribution in [0.5, 0.6) is 0 Å². The lowest BCUT2D eigenvalue weighted by molar-refractivity contribution is -0.154. The van der Waals surface area contributed by atoms with Gasteiger partial charge in [-0.2, -0.15) is 26.3 Å². The number of halogens is 9. The summed E-state index contributed by atoms with van der Waals surface area (Å²) in [4.78, 5) is 11.7. The molecule has 2 atom stereocenters. The molecule has 1 N–H and O–H groups in total. The van der Waals surface area contributed by atoms with Crippen LogP contribution in [0, 0.1) is 0 Å². The van der Waals surface area contributed by atoms with E-state index >= 15 is 0 Å². The predicted molar refractivity (Wildman–Crippen MR) is 120 cm³/mol. The van der Waals surface area contributed by atoms with Gasteiger partial charge in [0, 0.05) is 0 Å². The minimum absolute atomic E-state index is 0.0384. The van der Waals surface area contributed by atoms with E-state index in [4.69, 9.17) is 34.8 Å². The predicted octanol–water partition coefficient (Wildman–Crippen LogP) is 8.45. The molecule has 2 nitrogen and oxygen atoms in total. The van der Waals surface area contributed by atoms with Gasteiger partial charge < -0.3 is 5.32 Å². The van der Waals surface area contributed by atoms with Crippen LogP contribution in [0.25, 0.3) is 6.08 Å². The quantitative estimate of drug-likeness (QED) is 0.297. The summed E-state index contributed by atoms with van der Waals surface area (Å²) in [6.45, 7) is 0. The van der Waals surface area contributed by atoms with Crippen molar-refractivity contribution in [1.29, 1.82) is 0 Å². The zero-order chi connectivity index (χ0) is 25.3. The van der Waals surface area contributed by atoms with Gasteiger partial charge in [0.2, 0.25) is 5.91 Å². The van der Waals surface area contributed by atoms with Crippen LogP contribution in [-0.2, 0) is 11.2 Å². The Morgan fingerprint density at radius 2 is 1.71 bits per heavy atom. The number of rotatable bonds is 5. The number of fused-ring (bicyclic) bond motifs is 1. The molecule has 0 saturated carbocycles. The Morgan fingerprint density at radius 3 is 2.29 bits per heavy atom. The van der Waals surface area contributed by atoms with Crippen molar-refractivity contribution in [2.75, 3.05) is 0 Å². The standard InChI is InChI=1S/C23H18Cl3F6NO/c24-17-9-14(10-18(25)21(17)26)16(23(30,31)32)7-5-12-4-6-15-13(8-12)2-1-3-19(15)33-20(34)11-22(27,28)29/h4-10,16,19H,1-3,11H2,(H,33,34)/b7-5+. The number of carbonyl (C=O) groups excluding carboxylic acids is 1. The molecule has 1 aliphatic rings. The second-order valence-electron chi connectivity index (χ2n) is 7.94. The van der Waals surface area contributed by atoms with Gasteiger partial charge in [-0.15, -0.1) is 0 Å². The maximum absolute atomic E-state index is 13.7. The number of aryl methyl sites for hydroxylation is 1. The molecule has 34 heavy (non-hydrogen) atoms. The molecule has 2 unspecified atom stereocenters. The van der Waals surface area contributed by atoms with Crippen LogP contribution in [0.15, 0.2) is 36.4 Å². The molecule has 0 fully saturated rings. The van der Waals surface area contributed by atoms with E-state index in [9.17, 15) is 31.1 Å². The molecule has 0 aromatic heterocycles. The Morgan fingerprint density at radius 1 is 1.06 bits per heavy atom. The fourth-order valence-electron chi connectivity index (χ4n) is 3.89. The first kappa shape index (κ1) is 26.7. The monoisotopic (exact) mass is 543 g/mol. The second-order valence-corrected chi connectivity index (χ2v) is 9.13. The van der Waals surface area contributed by atoms with Crippen molar-refractivity contribution in [3.63, 3.8) is 0 Å². The summed E-state index contributed by atoms with van der Waals surface area (Å²) in [5.74, 6) is -3.12. The molecule has 0 aliphatic heterocycles. The van der Waals surface area contributed by atoms with Crippen LogP contribution in [0.2, 0.25) is 15.1 Å². The fourth-order valence-corrected chi connectivity index (χ4v) is 4.50. The zero-order valence-electron chi connectivity index (χ0n) is 17.3. The Labute approximate surface area is 206 Å². The van der Waals surface area contributed by atoms with Crippen LogP contribution in [0.3, 0.4) is 0 Å². The molecule has 3 rings (SSSR count). The van der Waals surface area contributed by atoms with Gasteiger partial charge >= 0.3 is 12.4 Å². The Kier molecular flexibility index (Phi) is 8.15. The molecular weight excluding hydrogens is 527 g/mol. The summed E-state index contributed by atoms with van der Waals surface area (Å²) in [6, 6.07) is 6.48. The number of amides is 1. The Balaban J connectivity index is 1.84. The lowest BCUT2D eigenvalue weighted by Gasteiger charge is -2.27. The van der Waals surface area contributed by atoms with Gasteiger partial charge in [-0.05, 0) is 53.6 Å². The van der Waals surface area contributed by atoms with Crippen LogP contribution >= 0.6 is 34.8 Å². The number of nitrogens with one attached hydrogen (secondary N) is 1. The van der Waals surface area contributed by atoms with Crippen LogP contribution < -0.4 is 5.32 Å². The molecule has 184 valence electrons. The molecule has 0 heterocycles. The van der Waals surface area contributed by atoms with E-state index in [0.29, 0.717) is 30.4 Å². The zero-order valence-corrected chi connectivity index (χ0v) is 19.6. The largest absolute Gasteiger partial charge is 0.399 e. The molecule has 1 amide bonds. The minimum Gasteiger partial charge on any atom is -0.349 e. The van der Waals surface area contributed by atoms with Gasteiger partial charge in [0.1, 0.15) is 6.42 Å². The van der Waals surface area contributed by atoms with E-state index in [0.717, 1.165) is 23.8 Å². The molecule has 2 aromatic rings. The van der Waals surface area contributed by atoms with Crippen molar-refractivity contribution in [3.05, 3.63) is 73.7 Å². The SMILES string of the molecule is O=C(CC(F)(F)F)NC1CCCc2cc(/C=C/C(c3cc(Cl)c(Cl)c(Cl)c3)C(F)(F)F)ccc21. The van der Waals surface area contributed by atoms with Gasteiger partial charge in [-0.25, -0.2) is 0 Å². The molecule has 0 radical (unpaired) electrons. The third-order valence-corrected chi connectivity index (χ3v) is 6.57. The van der Waals surface area contributed by atoms with Crippen LogP contribution in [-0.4, -0.2) is 18.3 Å². The third-order valence-electron chi connectivity index (χ3n) is 5.38. The summed E-state index contributed by atoms with van der Waals surface area (Å²) in [5, 5.41) is 2.16. The van der Waals surface area contributed by atoms with E-state index in [1.54, 1.807) is 18.2 Å². The first-order chi connectivity index (χ1) is 15.7. The lowest BCUT2D eigenvalue weighted by atomic mass is 9.86. The molecule has 0 saturated heterocycles. The molecular formula is C23H18Cl3F6NO. The first-order valence-electron chi connectivity index (χ1n) is 10.1. The van der Waals surface area contributed by atoms with E-state index in [1.807, 2.05) is 0 Å². The summed E-state index contributed by atoms with van der Waals surface area (Å²) in [5.41, 5.74) is 1.71. The minimum atomic E-state index is -4.63. The highest BCUT2D eigenvalue weighted by atomic mass is 35.5. The van der Waals surface area contributed by atoms with Gasteiger partial charge in [0.15, 0.2) is 0 Å². The summed E-state index contributed by atoms with van der Waals surface area (Å²) in [7, 11) is 0. The molecule has 11 heteroatoms. The summed E-state index contributed by atoms with van der Waals surface area (Å²) >= 11 is 17.6. The third kappa shape index (κ3) is 6.83. The number of alkyl halides is 6. The molecule has 1 aliphatic carbocycles. The van der Waals surface area contributed by atoms with Crippen molar-refractivity contribution in [2.45, 2.75) is 50.0 Å². The topological polar surface area (TPSA) is 29.1 Å². The number of hydrogen-bond donors (Lipinski definition) is 1. The Bertz CT molecular complexity index is 1070. The van der Waals surface area contributed by atoms with Gasteiger partial charge in [0.05, 0.1) is 27.0 Å². The van der Waals surface area contributed by atoms with Crippen molar-refractivity contribution in [1.82, 2.24) is 5.32 Å². The lowest BCUT2D eigenvalue weighted by Crippen LogP contribution is -2.33. The molecule has 0 spiro atoms. The van der Waals surface area contributed by atoms with Crippen molar-refractivity contribution >= 4 is 46.8 Å². The van der Waals surface area contributed by atoms with Crippen molar-refractivity contribution in [2.24, 2.45) is 0 Å². The molecule has 2 aromatic carbocycles. The summed E-state index contributed by atoms with van der Waals surface area (Å²) in [6.07, 6.45) is -6.85. The first-order valence-corrected chi connectivity index (χ1v) is 11.3. The van der Waals surface area contributed by atoms with Gasteiger partial charge in [-0.3, -0.25) is 4.79 Å². The second kappa shape index (κ2) is 10.4. The highest BCUT2D eigenvalue weighted by molar-refractivity contribution is 6.48. The van der Waals surface area contributed by atoms with E-state index < -0.39 is 36.6 Å². The average molecular weight is 545 g/mol. The highest BCUT2D eigenvalue weighted by Crippen LogP contribution is 2.41. The van der Waals surface area contributed by atoms with E-state index in [-0.39, 0.29) is 20.6 Å². The fraction of sp³-hybridized carbons (Fsp3) is 0.348. The highest BCUT2D eigenvalue weighted by Gasteiger charge is 2.39. The smallest absolute Gasteiger partial charge is 0.349 e. The number of benzene rings is 2. The Hall–Kier alpha value is -1.90. The number of hydrogen-bond acceptors (Lipinski definition) is 1. The average Bonchev–Trinajstić information content (AvgIpc) is 2.69. The van der Waals surface area contributed by atoms with Crippen LogP contribution in [0.1, 0.15) is 53.5 Å². The number of carbonyl (C=O) groups is 1. The van der Waals surface area contributed by atoms with E-state index in [2.05, 4.69) is 5.32 Å². The van der Waals surface area contributed by atoms with Gasteiger partial charge in [-0.1, -0.05) is 65.2 Å². The number of allylic oxidation sites excluding steroid dienone is 1. The van der Waals surface area contributed by atoms with Crippen molar-refractivity contribution < 1.29 is 31.1 Å². The maximum atomic E-state index is 13.7. The molecule has 0 bridgehead atoms. The normalized spacial score (nSPS) is 17.5.